The first-order valence-electron chi connectivity index (χ1n) is 11.8. The summed E-state index contributed by atoms with van der Waals surface area (Å²) >= 11 is 1.55. The molecule has 0 fully saturated rings. The van der Waals surface area contributed by atoms with Crippen LogP contribution in [0.5, 0.6) is 0 Å². The molecule has 0 aliphatic heterocycles. The first kappa shape index (κ1) is 32.6. The number of carboxylic acid groups (broad SMARTS) is 2. The van der Waals surface area contributed by atoms with Gasteiger partial charge in [0.15, 0.2) is 0 Å². The van der Waals surface area contributed by atoms with Gasteiger partial charge >= 0.3 is 11.9 Å². The van der Waals surface area contributed by atoms with Crippen molar-refractivity contribution in [3.05, 3.63) is 0 Å². The lowest BCUT2D eigenvalue weighted by atomic mass is 9.97. The van der Waals surface area contributed by atoms with E-state index in [4.69, 9.17) is 16.6 Å². The Labute approximate surface area is 210 Å². The molecule has 12 nitrogen and oxygen atoms in total. The van der Waals surface area contributed by atoms with E-state index in [1.54, 1.807) is 18.7 Å². The summed E-state index contributed by atoms with van der Waals surface area (Å²) < 4.78 is 0. The number of unbranched alkanes of at least 4 members (excludes halogenated alkanes) is 1. The molecule has 5 unspecified atom stereocenters. The predicted octanol–water partition coefficient (Wildman–Crippen LogP) is -0.354. The number of nitrogens with two attached hydrogens (primary N) is 2. The third-order valence-electron chi connectivity index (χ3n) is 5.60. The summed E-state index contributed by atoms with van der Waals surface area (Å²) in [7, 11) is 0. The predicted molar refractivity (Wildman–Crippen MR) is 134 cm³/mol. The van der Waals surface area contributed by atoms with Gasteiger partial charge in [0.25, 0.3) is 0 Å². The minimum Gasteiger partial charge on any atom is -0.481 e. The maximum absolute atomic E-state index is 13.1. The Hall–Kier alpha value is -2.38. The van der Waals surface area contributed by atoms with Gasteiger partial charge in [-0.2, -0.15) is 11.8 Å². The standard InChI is InChI=1S/C22H41N5O7S/c1-4-13(2)18(27-19(30)14(24)10-12-35-3)21(32)25-15(7-5-6-11-23)20(31)26-16(22(33)34)8-9-17(28)29/h13-16,18H,4-12,23-24H2,1-3H3,(H,25,32)(H,26,31)(H,27,30)(H,28,29)(H,33,34). The molecule has 0 saturated carbocycles. The molecule has 13 heteroatoms. The van der Waals surface area contributed by atoms with Gasteiger partial charge in [-0.05, 0) is 56.6 Å². The van der Waals surface area contributed by atoms with Gasteiger partial charge in [-0.25, -0.2) is 4.79 Å². The minimum absolute atomic E-state index is 0.189. The van der Waals surface area contributed by atoms with E-state index in [9.17, 15) is 29.1 Å². The summed E-state index contributed by atoms with van der Waals surface area (Å²) in [6, 6.07) is -4.24. The number of hydrogen-bond acceptors (Lipinski definition) is 8. The Balaban J connectivity index is 5.53. The zero-order chi connectivity index (χ0) is 27.0. The number of carboxylic acids is 2. The Morgan fingerprint density at radius 3 is 2.03 bits per heavy atom. The topological polar surface area (TPSA) is 214 Å². The molecule has 5 atom stereocenters. The second kappa shape index (κ2) is 18.0. The van der Waals surface area contributed by atoms with E-state index < -0.39 is 60.2 Å². The molecule has 202 valence electrons. The van der Waals surface area contributed by atoms with Crippen molar-refractivity contribution in [1.29, 1.82) is 0 Å². The average molecular weight is 520 g/mol. The van der Waals surface area contributed by atoms with Crippen LogP contribution in [0.4, 0.5) is 0 Å². The number of nitrogens with one attached hydrogen (secondary N) is 3. The minimum atomic E-state index is -1.42. The van der Waals surface area contributed by atoms with Crippen molar-refractivity contribution in [2.24, 2.45) is 17.4 Å². The maximum atomic E-state index is 13.1. The van der Waals surface area contributed by atoms with E-state index in [0.29, 0.717) is 38.0 Å². The number of carbonyl (C=O) groups is 5. The number of aliphatic carboxylic acids is 2. The smallest absolute Gasteiger partial charge is 0.326 e. The van der Waals surface area contributed by atoms with Gasteiger partial charge in [-0.1, -0.05) is 20.3 Å². The number of thioether (sulfide) groups is 1. The van der Waals surface area contributed by atoms with Crippen LogP contribution in [-0.2, 0) is 24.0 Å². The van der Waals surface area contributed by atoms with Crippen LogP contribution in [0.15, 0.2) is 0 Å². The molecular formula is C22H41N5O7S. The molecule has 0 aromatic heterocycles. The fourth-order valence-electron chi connectivity index (χ4n) is 3.16. The fourth-order valence-corrected chi connectivity index (χ4v) is 3.65. The average Bonchev–Trinajstić information content (AvgIpc) is 2.81. The van der Waals surface area contributed by atoms with E-state index in [2.05, 4.69) is 16.0 Å². The van der Waals surface area contributed by atoms with E-state index in [0.717, 1.165) is 0 Å². The van der Waals surface area contributed by atoms with Crippen LogP contribution < -0.4 is 27.4 Å². The normalized spacial score (nSPS) is 15.2. The number of rotatable bonds is 19. The molecule has 0 rings (SSSR count). The molecule has 3 amide bonds. The van der Waals surface area contributed by atoms with Crippen LogP contribution in [0.25, 0.3) is 0 Å². The SMILES string of the molecule is CCC(C)C(NC(=O)C(N)CCSC)C(=O)NC(CCCCN)C(=O)NC(CCC(=O)O)C(=O)O. The third-order valence-corrected chi connectivity index (χ3v) is 6.25. The Kier molecular flexibility index (Phi) is 16.7. The molecule has 0 aromatic rings. The largest absolute Gasteiger partial charge is 0.481 e. The summed E-state index contributed by atoms with van der Waals surface area (Å²) in [6.45, 7) is 4.02. The molecule has 0 aromatic carbocycles. The van der Waals surface area contributed by atoms with Crippen molar-refractivity contribution in [1.82, 2.24) is 16.0 Å². The molecule has 0 saturated heterocycles. The number of hydrogen-bond donors (Lipinski definition) is 7. The zero-order valence-corrected chi connectivity index (χ0v) is 21.6. The summed E-state index contributed by atoms with van der Waals surface area (Å²) in [5.41, 5.74) is 11.4. The zero-order valence-electron chi connectivity index (χ0n) is 20.7. The van der Waals surface area contributed by atoms with Gasteiger partial charge in [0.05, 0.1) is 6.04 Å². The van der Waals surface area contributed by atoms with E-state index in [1.807, 2.05) is 13.2 Å². The molecule has 0 spiro atoms. The van der Waals surface area contributed by atoms with Crippen LogP contribution in [0.3, 0.4) is 0 Å². The van der Waals surface area contributed by atoms with Crippen molar-refractivity contribution < 1.29 is 34.2 Å². The highest BCUT2D eigenvalue weighted by Crippen LogP contribution is 2.11. The van der Waals surface area contributed by atoms with Crippen molar-refractivity contribution in [2.45, 2.75) is 83.0 Å². The van der Waals surface area contributed by atoms with Crippen LogP contribution in [0.2, 0.25) is 0 Å². The van der Waals surface area contributed by atoms with Gasteiger partial charge < -0.3 is 37.6 Å². The number of carbonyl (C=O) groups excluding carboxylic acids is 3. The molecule has 0 aliphatic carbocycles. The molecule has 0 aliphatic rings. The van der Waals surface area contributed by atoms with Crippen LogP contribution in [0, 0.1) is 5.92 Å². The maximum Gasteiger partial charge on any atom is 0.326 e. The van der Waals surface area contributed by atoms with Crippen LogP contribution in [0.1, 0.15) is 58.8 Å². The lowest BCUT2D eigenvalue weighted by molar-refractivity contribution is -0.143. The van der Waals surface area contributed by atoms with Crippen LogP contribution >= 0.6 is 11.8 Å². The molecule has 0 bridgehead atoms. The highest BCUT2D eigenvalue weighted by Gasteiger charge is 2.32. The molecule has 0 heterocycles. The van der Waals surface area contributed by atoms with E-state index in [1.165, 1.54) is 0 Å². The van der Waals surface area contributed by atoms with Crippen LogP contribution in [-0.4, -0.2) is 82.6 Å². The lowest BCUT2D eigenvalue weighted by Gasteiger charge is -2.28. The van der Waals surface area contributed by atoms with Crippen molar-refractivity contribution in [3.63, 3.8) is 0 Å². The Morgan fingerprint density at radius 2 is 1.51 bits per heavy atom. The molecule has 0 radical (unpaired) electrons. The Morgan fingerprint density at radius 1 is 0.886 bits per heavy atom. The van der Waals surface area contributed by atoms with Gasteiger partial charge in [0, 0.05) is 6.42 Å². The van der Waals surface area contributed by atoms with Gasteiger partial charge in [0.1, 0.15) is 18.1 Å². The molecular weight excluding hydrogens is 478 g/mol. The van der Waals surface area contributed by atoms with Crippen molar-refractivity contribution in [2.75, 3.05) is 18.6 Å². The first-order chi connectivity index (χ1) is 16.5. The summed E-state index contributed by atoms with van der Waals surface area (Å²) in [5.74, 6) is -3.96. The highest BCUT2D eigenvalue weighted by atomic mass is 32.2. The van der Waals surface area contributed by atoms with E-state index in [-0.39, 0.29) is 18.8 Å². The van der Waals surface area contributed by atoms with E-state index >= 15 is 0 Å². The molecule has 9 N–H and O–H groups in total. The van der Waals surface area contributed by atoms with Crippen molar-refractivity contribution >= 4 is 41.4 Å². The number of amides is 3. The lowest BCUT2D eigenvalue weighted by Crippen LogP contribution is -2.58. The second-order valence-corrected chi connectivity index (χ2v) is 9.42. The third kappa shape index (κ3) is 13.3. The van der Waals surface area contributed by atoms with Gasteiger partial charge in [-0.3, -0.25) is 19.2 Å². The Bertz CT molecular complexity index is 710. The fraction of sp³-hybridized carbons (Fsp3) is 0.773. The van der Waals surface area contributed by atoms with Crippen molar-refractivity contribution in [3.8, 4) is 0 Å². The quantitative estimate of drug-likeness (QED) is 0.110. The first-order valence-corrected chi connectivity index (χ1v) is 13.2. The summed E-state index contributed by atoms with van der Waals surface area (Å²) in [6.07, 6.45) is 3.41. The highest BCUT2D eigenvalue weighted by molar-refractivity contribution is 7.98. The second-order valence-electron chi connectivity index (χ2n) is 8.44. The summed E-state index contributed by atoms with van der Waals surface area (Å²) in [4.78, 5) is 60.8. The monoisotopic (exact) mass is 519 g/mol. The molecule has 35 heavy (non-hydrogen) atoms. The summed E-state index contributed by atoms with van der Waals surface area (Å²) in [5, 5.41) is 25.8. The van der Waals surface area contributed by atoms with Gasteiger partial charge in [0.2, 0.25) is 17.7 Å². The van der Waals surface area contributed by atoms with Gasteiger partial charge in [-0.15, -0.1) is 0 Å².